The molecule has 1 unspecified atom stereocenters. The minimum absolute atomic E-state index is 0.471. The number of ether oxygens (including phenoxy) is 1. The lowest BCUT2D eigenvalue weighted by atomic mass is 10.1. The molecule has 0 fully saturated rings. The van der Waals surface area contributed by atoms with Gasteiger partial charge in [0.15, 0.2) is 0 Å². The molecule has 0 saturated carbocycles. The zero-order valence-corrected chi connectivity index (χ0v) is 7.73. The third-order valence-corrected chi connectivity index (χ3v) is 1.94. The van der Waals surface area contributed by atoms with Gasteiger partial charge in [0.2, 0.25) is 0 Å². The van der Waals surface area contributed by atoms with Gasteiger partial charge in [0, 0.05) is 5.56 Å². The molecule has 0 aliphatic rings. The van der Waals surface area contributed by atoms with E-state index in [1.807, 2.05) is 24.3 Å². The van der Waals surface area contributed by atoms with Crippen molar-refractivity contribution >= 4 is 0 Å². The van der Waals surface area contributed by atoms with Crippen molar-refractivity contribution in [3.05, 3.63) is 29.8 Å². The zero-order valence-electron chi connectivity index (χ0n) is 7.73. The molecule has 0 heterocycles. The Labute approximate surface area is 78.1 Å². The predicted octanol–water partition coefficient (Wildman–Crippen LogP) is 1.08. The van der Waals surface area contributed by atoms with E-state index in [4.69, 9.17) is 10.5 Å². The number of benzene rings is 1. The summed E-state index contributed by atoms with van der Waals surface area (Å²) in [6, 6.07) is 7.42. The average Bonchev–Trinajstić information content (AvgIpc) is 2.18. The maximum absolute atomic E-state index is 9.67. The number of methoxy groups -OCH3 is 1. The van der Waals surface area contributed by atoms with E-state index < -0.39 is 6.10 Å². The highest BCUT2D eigenvalue weighted by Gasteiger charge is 2.10. The number of aliphatic hydroxyl groups excluding tert-OH is 1. The number of hydrogen-bond acceptors (Lipinski definition) is 3. The quantitative estimate of drug-likeness (QED) is 0.730. The Morgan fingerprint density at radius 2 is 2.15 bits per heavy atom. The van der Waals surface area contributed by atoms with Gasteiger partial charge in [-0.3, -0.25) is 0 Å². The second-order valence-corrected chi connectivity index (χ2v) is 2.84. The molecular weight excluding hydrogens is 166 g/mol. The number of hydrogen-bond donors (Lipinski definition) is 2. The van der Waals surface area contributed by atoms with E-state index in [9.17, 15) is 5.11 Å². The van der Waals surface area contributed by atoms with Crippen LogP contribution in [0, 0.1) is 0 Å². The van der Waals surface area contributed by atoms with Crippen LogP contribution in [-0.2, 0) is 0 Å². The molecule has 0 spiro atoms. The van der Waals surface area contributed by atoms with Crippen molar-refractivity contribution in [2.24, 2.45) is 5.73 Å². The normalized spacial score (nSPS) is 12.5. The second kappa shape index (κ2) is 4.84. The number of rotatable bonds is 4. The van der Waals surface area contributed by atoms with Crippen LogP contribution < -0.4 is 10.5 Å². The molecule has 1 atom stereocenters. The highest BCUT2D eigenvalue weighted by Crippen LogP contribution is 2.25. The smallest absolute Gasteiger partial charge is 0.124 e. The largest absolute Gasteiger partial charge is 0.496 e. The molecule has 3 nitrogen and oxygen atoms in total. The maximum atomic E-state index is 9.67. The van der Waals surface area contributed by atoms with Crippen LogP contribution in [0.1, 0.15) is 18.1 Å². The zero-order chi connectivity index (χ0) is 9.68. The van der Waals surface area contributed by atoms with Gasteiger partial charge in [0.05, 0.1) is 13.2 Å². The van der Waals surface area contributed by atoms with Gasteiger partial charge in [-0.25, -0.2) is 0 Å². The number of aliphatic hydroxyl groups is 1. The first kappa shape index (κ1) is 10.0. The molecule has 1 aromatic carbocycles. The van der Waals surface area contributed by atoms with E-state index in [1.165, 1.54) is 0 Å². The van der Waals surface area contributed by atoms with Crippen LogP contribution in [0.4, 0.5) is 0 Å². The summed E-state index contributed by atoms with van der Waals surface area (Å²) in [6.45, 7) is 0.471. The summed E-state index contributed by atoms with van der Waals surface area (Å²) in [7, 11) is 1.59. The monoisotopic (exact) mass is 181 g/mol. The van der Waals surface area contributed by atoms with E-state index in [0.29, 0.717) is 18.7 Å². The van der Waals surface area contributed by atoms with E-state index in [0.717, 1.165) is 5.56 Å². The van der Waals surface area contributed by atoms with Gasteiger partial charge in [-0.05, 0) is 19.0 Å². The summed E-state index contributed by atoms with van der Waals surface area (Å²) in [5.41, 5.74) is 6.16. The fraction of sp³-hybridized carbons (Fsp3) is 0.400. The van der Waals surface area contributed by atoms with Crippen molar-refractivity contribution in [3.8, 4) is 5.75 Å². The Bertz CT molecular complexity index is 263. The fourth-order valence-electron chi connectivity index (χ4n) is 1.26. The highest BCUT2D eigenvalue weighted by atomic mass is 16.5. The van der Waals surface area contributed by atoms with Gasteiger partial charge in [-0.1, -0.05) is 18.2 Å². The summed E-state index contributed by atoms with van der Waals surface area (Å²) in [5.74, 6) is 0.712. The van der Waals surface area contributed by atoms with Crippen molar-refractivity contribution < 1.29 is 9.84 Å². The van der Waals surface area contributed by atoms with E-state index in [1.54, 1.807) is 7.11 Å². The SMILES string of the molecule is COc1ccccc1C(O)CCN. The molecular formula is C10H15NO2. The van der Waals surface area contributed by atoms with E-state index in [-0.39, 0.29) is 0 Å². The Balaban J connectivity index is 2.85. The van der Waals surface area contributed by atoms with E-state index >= 15 is 0 Å². The summed E-state index contributed by atoms with van der Waals surface area (Å²) >= 11 is 0. The summed E-state index contributed by atoms with van der Waals surface area (Å²) in [5, 5.41) is 9.67. The number of nitrogens with two attached hydrogens (primary N) is 1. The van der Waals surface area contributed by atoms with Crippen molar-refractivity contribution in [3.63, 3.8) is 0 Å². The van der Waals surface area contributed by atoms with Crippen LogP contribution in [0.3, 0.4) is 0 Å². The summed E-state index contributed by atoms with van der Waals surface area (Å²) in [6.07, 6.45) is 0.0292. The number of para-hydroxylation sites is 1. The van der Waals surface area contributed by atoms with Gasteiger partial charge < -0.3 is 15.6 Å². The Hall–Kier alpha value is -1.06. The van der Waals surface area contributed by atoms with Crippen molar-refractivity contribution in [1.82, 2.24) is 0 Å². The lowest BCUT2D eigenvalue weighted by Crippen LogP contribution is -2.07. The van der Waals surface area contributed by atoms with Gasteiger partial charge in [-0.2, -0.15) is 0 Å². The van der Waals surface area contributed by atoms with Crippen LogP contribution in [0.2, 0.25) is 0 Å². The molecule has 3 heteroatoms. The van der Waals surface area contributed by atoms with Crippen LogP contribution in [0.15, 0.2) is 24.3 Å². The first-order valence-electron chi connectivity index (χ1n) is 4.30. The van der Waals surface area contributed by atoms with Gasteiger partial charge in [-0.15, -0.1) is 0 Å². The second-order valence-electron chi connectivity index (χ2n) is 2.84. The van der Waals surface area contributed by atoms with E-state index in [2.05, 4.69) is 0 Å². The molecule has 3 N–H and O–H groups in total. The molecule has 0 bridgehead atoms. The molecule has 0 radical (unpaired) electrons. The lowest BCUT2D eigenvalue weighted by molar-refractivity contribution is 0.166. The van der Waals surface area contributed by atoms with Crippen LogP contribution in [0.5, 0.6) is 5.75 Å². The fourth-order valence-corrected chi connectivity index (χ4v) is 1.26. The minimum Gasteiger partial charge on any atom is -0.496 e. The van der Waals surface area contributed by atoms with Crippen LogP contribution in [-0.4, -0.2) is 18.8 Å². The topological polar surface area (TPSA) is 55.5 Å². The summed E-state index contributed by atoms with van der Waals surface area (Å²) < 4.78 is 5.11. The molecule has 72 valence electrons. The Morgan fingerprint density at radius 1 is 1.46 bits per heavy atom. The highest BCUT2D eigenvalue weighted by molar-refractivity contribution is 5.34. The molecule has 0 aliphatic carbocycles. The first-order valence-corrected chi connectivity index (χ1v) is 4.30. The Morgan fingerprint density at radius 3 is 2.77 bits per heavy atom. The lowest BCUT2D eigenvalue weighted by Gasteiger charge is -2.13. The molecule has 0 amide bonds. The van der Waals surface area contributed by atoms with Crippen LogP contribution in [0.25, 0.3) is 0 Å². The van der Waals surface area contributed by atoms with Crippen molar-refractivity contribution in [1.29, 1.82) is 0 Å². The third-order valence-electron chi connectivity index (χ3n) is 1.94. The molecule has 1 rings (SSSR count). The third kappa shape index (κ3) is 2.44. The van der Waals surface area contributed by atoms with Gasteiger partial charge in [0.1, 0.15) is 5.75 Å². The van der Waals surface area contributed by atoms with Gasteiger partial charge in [0.25, 0.3) is 0 Å². The summed E-state index contributed by atoms with van der Waals surface area (Å²) in [4.78, 5) is 0. The minimum atomic E-state index is -0.527. The average molecular weight is 181 g/mol. The molecule has 0 saturated heterocycles. The van der Waals surface area contributed by atoms with Crippen molar-refractivity contribution in [2.75, 3.05) is 13.7 Å². The predicted molar refractivity (Wildman–Crippen MR) is 51.6 cm³/mol. The van der Waals surface area contributed by atoms with Crippen LogP contribution >= 0.6 is 0 Å². The Kier molecular flexibility index (Phi) is 3.73. The standard InChI is InChI=1S/C10H15NO2/c1-13-10-5-3-2-4-8(10)9(12)6-7-11/h2-5,9,12H,6-7,11H2,1H3. The molecule has 0 aliphatic heterocycles. The first-order chi connectivity index (χ1) is 6.29. The van der Waals surface area contributed by atoms with Crippen molar-refractivity contribution in [2.45, 2.75) is 12.5 Å². The maximum Gasteiger partial charge on any atom is 0.124 e. The molecule has 1 aromatic rings. The molecule has 13 heavy (non-hydrogen) atoms. The van der Waals surface area contributed by atoms with Gasteiger partial charge >= 0.3 is 0 Å². The molecule has 0 aromatic heterocycles.